The molecule has 0 spiro atoms. The van der Waals surface area contributed by atoms with Crippen molar-refractivity contribution < 1.29 is 14.7 Å². The van der Waals surface area contributed by atoms with Crippen LogP contribution in [0.1, 0.15) is 73.1 Å². The minimum absolute atomic E-state index is 0.0196. The summed E-state index contributed by atoms with van der Waals surface area (Å²) in [6.07, 6.45) is 6.56. The van der Waals surface area contributed by atoms with Crippen molar-refractivity contribution in [3.05, 3.63) is 11.6 Å². The molecular weight excluding hydrogens is 326 g/mol. The number of carbonyl (C=O) groups excluding carboxylic acids is 2. The molecule has 0 radical (unpaired) electrons. The first-order chi connectivity index (χ1) is 11.9. The molecule has 4 rings (SSSR count). The van der Waals surface area contributed by atoms with Crippen molar-refractivity contribution in [2.24, 2.45) is 27.6 Å². The van der Waals surface area contributed by atoms with Crippen LogP contribution in [0.25, 0.3) is 0 Å². The first-order valence-corrected chi connectivity index (χ1v) is 10.2. The minimum Gasteiger partial charge on any atom is -0.390 e. The van der Waals surface area contributed by atoms with Crippen LogP contribution in [0.2, 0.25) is 0 Å². The summed E-state index contributed by atoms with van der Waals surface area (Å²) in [7, 11) is 0. The van der Waals surface area contributed by atoms with E-state index in [1.807, 2.05) is 6.92 Å². The molecule has 3 aliphatic carbocycles. The maximum Gasteiger partial charge on any atom is 0.243 e. The Morgan fingerprint density at radius 1 is 1.08 bits per heavy atom. The van der Waals surface area contributed by atoms with Gasteiger partial charge in [0.1, 0.15) is 5.78 Å². The molecule has 1 amide bonds. The third kappa shape index (κ3) is 1.80. The number of Topliss-reactive ketones (excluding diaryl/α,β-unsaturated/α-hetero) is 1. The Bertz CT molecular complexity index is 725. The van der Waals surface area contributed by atoms with Crippen LogP contribution in [0, 0.1) is 27.6 Å². The largest absolute Gasteiger partial charge is 0.390 e. The number of nitrogens with one attached hydrogen (secondary N) is 1. The Kier molecular flexibility index (Phi) is 3.51. The summed E-state index contributed by atoms with van der Waals surface area (Å²) in [5.41, 5.74) is -0.842. The molecule has 4 nitrogen and oxygen atoms in total. The van der Waals surface area contributed by atoms with Gasteiger partial charge in [-0.25, -0.2) is 0 Å². The third-order valence-corrected chi connectivity index (χ3v) is 9.93. The number of allylic oxidation sites excluding steroid dienone is 1. The molecule has 4 aliphatic rings. The SMILES string of the molecule is C[C@]12CC(=O)[C@@]3(C)[C@@H](CCC4=CC(=O)NCC[C@@]43C)[C@]1(C)CC[C@]2(C)O. The Morgan fingerprint density at radius 2 is 1.77 bits per heavy atom. The monoisotopic (exact) mass is 359 g/mol. The lowest BCUT2D eigenvalue weighted by Crippen LogP contribution is -2.66. The Hall–Kier alpha value is -1.16. The van der Waals surface area contributed by atoms with Gasteiger partial charge in [0.05, 0.1) is 5.60 Å². The molecule has 0 aromatic carbocycles. The van der Waals surface area contributed by atoms with Crippen molar-refractivity contribution in [1.82, 2.24) is 5.32 Å². The fourth-order valence-corrected chi connectivity index (χ4v) is 7.46. The second-order valence-corrected chi connectivity index (χ2v) is 10.5. The van der Waals surface area contributed by atoms with E-state index >= 15 is 0 Å². The summed E-state index contributed by atoms with van der Waals surface area (Å²) in [5.74, 6) is 0.506. The van der Waals surface area contributed by atoms with Gasteiger partial charge in [-0.2, -0.15) is 0 Å². The molecule has 0 aromatic rings. The highest BCUT2D eigenvalue weighted by Crippen LogP contribution is 2.75. The van der Waals surface area contributed by atoms with Crippen LogP contribution in [-0.4, -0.2) is 28.9 Å². The van der Waals surface area contributed by atoms with E-state index in [2.05, 4.69) is 33.0 Å². The van der Waals surface area contributed by atoms with E-state index in [1.165, 1.54) is 0 Å². The Labute approximate surface area is 156 Å². The van der Waals surface area contributed by atoms with Crippen LogP contribution in [0.3, 0.4) is 0 Å². The molecule has 2 N–H and O–H groups in total. The molecular formula is C22H33NO3. The summed E-state index contributed by atoms with van der Waals surface area (Å²) in [4.78, 5) is 25.8. The van der Waals surface area contributed by atoms with Crippen LogP contribution in [0.5, 0.6) is 0 Å². The number of hydrogen-bond donors (Lipinski definition) is 2. The lowest BCUT2D eigenvalue weighted by Gasteiger charge is -2.66. The molecule has 0 aromatic heterocycles. The highest BCUT2D eigenvalue weighted by atomic mass is 16.3. The third-order valence-electron chi connectivity index (χ3n) is 9.93. The Morgan fingerprint density at radius 3 is 2.46 bits per heavy atom. The van der Waals surface area contributed by atoms with Gasteiger partial charge >= 0.3 is 0 Å². The predicted octanol–water partition coefficient (Wildman–Crippen LogP) is 3.39. The number of hydrogen-bond acceptors (Lipinski definition) is 3. The summed E-state index contributed by atoms with van der Waals surface area (Å²) in [5, 5.41) is 14.1. The molecule has 144 valence electrons. The van der Waals surface area contributed by atoms with Gasteiger partial charge in [0.2, 0.25) is 5.91 Å². The second kappa shape index (κ2) is 5.01. The van der Waals surface area contributed by atoms with E-state index in [0.717, 1.165) is 37.7 Å². The van der Waals surface area contributed by atoms with Gasteiger partial charge in [-0.3, -0.25) is 9.59 Å². The van der Waals surface area contributed by atoms with Gasteiger partial charge in [0.15, 0.2) is 0 Å². The molecule has 1 heterocycles. The zero-order valence-corrected chi connectivity index (χ0v) is 16.9. The molecule has 0 saturated heterocycles. The fourth-order valence-electron chi connectivity index (χ4n) is 7.46. The maximum atomic E-state index is 13.7. The highest BCUT2D eigenvalue weighted by molar-refractivity contribution is 5.92. The van der Waals surface area contributed by atoms with Crippen molar-refractivity contribution in [2.45, 2.75) is 78.7 Å². The van der Waals surface area contributed by atoms with Gasteiger partial charge in [-0.1, -0.05) is 33.3 Å². The van der Waals surface area contributed by atoms with Gasteiger partial charge in [0.25, 0.3) is 0 Å². The average molecular weight is 360 g/mol. The van der Waals surface area contributed by atoms with E-state index in [9.17, 15) is 14.7 Å². The van der Waals surface area contributed by atoms with Crippen molar-refractivity contribution in [3.8, 4) is 0 Å². The minimum atomic E-state index is -0.795. The van der Waals surface area contributed by atoms with Gasteiger partial charge in [-0.15, -0.1) is 0 Å². The lowest BCUT2D eigenvalue weighted by atomic mass is 9.36. The van der Waals surface area contributed by atoms with E-state index in [1.54, 1.807) is 6.08 Å². The fraction of sp³-hybridized carbons (Fsp3) is 0.818. The van der Waals surface area contributed by atoms with E-state index in [0.29, 0.717) is 13.0 Å². The normalized spacial score (nSPS) is 53.8. The van der Waals surface area contributed by atoms with E-state index in [-0.39, 0.29) is 33.9 Å². The van der Waals surface area contributed by atoms with Gasteiger partial charge in [-0.05, 0) is 50.4 Å². The molecule has 0 unspecified atom stereocenters. The Balaban J connectivity index is 1.89. The average Bonchev–Trinajstić information content (AvgIpc) is 2.66. The van der Waals surface area contributed by atoms with Crippen LogP contribution in [0.4, 0.5) is 0 Å². The van der Waals surface area contributed by atoms with Crippen molar-refractivity contribution in [1.29, 1.82) is 0 Å². The molecule has 26 heavy (non-hydrogen) atoms. The molecule has 6 atom stereocenters. The van der Waals surface area contributed by atoms with Gasteiger partial charge in [0, 0.05) is 35.3 Å². The number of fused-ring (bicyclic) bond motifs is 5. The van der Waals surface area contributed by atoms with Crippen molar-refractivity contribution >= 4 is 11.7 Å². The number of carbonyl (C=O) groups is 2. The summed E-state index contributed by atoms with van der Waals surface area (Å²) >= 11 is 0. The van der Waals surface area contributed by atoms with Gasteiger partial charge < -0.3 is 10.4 Å². The number of ketones is 1. The molecule has 3 fully saturated rings. The van der Waals surface area contributed by atoms with Crippen LogP contribution >= 0.6 is 0 Å². The standard InChI is InChI=1S/C22H33NO3/c1-18-10-11-23-17(25)12-14(18)6-7-15-19(2)8-9-21(4,26)20(19,3)13-16(24)22(15,18)5/h12,15,26H,6-11,13H2,1-5H3,(H,23,25)/t15-,18-,19-,20-,21-,22+/m0/s1. The smallest absolute Gasteiger partial charge is 0.243 e. The molecule has 4 heteroatoms. The lowest BCUT2D eigenvalue weighted by molar-refractivity contribution is -0.197. The van der Waals surface area contributed by atoms with Crippen molar-refractivity contribution in [2.75, 3.05) is 6.54 Å². The molecule has 1 aliphatic heterocycles. The number of amides is 1. The maximum absolute atomic E-state index is 13.7. The number of rotatable bonds is 0. The quantitative estimate of drug-likeness (QED) is 0.697. The topological polar surface area (TPSA) is 66.4 Å². The van der Waals surface area contributed by atoms with Crippen molar-refractivity contribution in [3.63, 3.8) is 0 Å². The van der Waals surface area contributed by atoms with Crippen LogP contribution in [-0.2, 0) is 9.59 Å². The highest BCUT2D eigenvalue weighted by Gasteiger charge is 2.74. The van der Waals surface area contributed by atoms with Crippen LogP contribution in [0.15, 0.2) is 11.6 Å². The number of aliphatic hydroxyl groups is 1. The van der Waals surface area contributed by atoms with Crippen LogP contribution < -0.4 is 5.32 Å². The van der Waals surface area contributed by atoms with E-state index in [4.69, 9.17) is 0 Å². The summed E-state index contributed by atoms with van der Waals surface area (Å²) in [6.45, 7) is 11.4. The zero-order chi connectivity index (χ0) is 19.2. The second-order valence-electron chi connectivity index (χ2n) is 10.5. The summed E-state index contributed by atoms with van der Waals surface area (Å²) in [6, 6.07) is 0. The first kappa shape index (κ1) is 18.2. The van der Waals surface area contributed by atoms with E-state index < -0.39 is 11.0 Å². The predicted molar refractivity (Wildman–Crippen MR) is 100 cm³/mol. The first-order valence-electron chi connectivity index (χ1n) is 10.2. The summed E-state index contributed by atoms with van der Waals surface area (Å²) < 4.78 is 0. The molecule has 3 saturated carbocycles. The zero-order valence-electron chi connectivity index (χ0n) is 16.9. The molecule has 0 bridgehead atoms.